The van der Waals surface area contributed by atoms with Crippen molar-refractivity contribution in [2.24, 2.45) is 0 Å². The minimum absolute atomic E-state index is 0.0214. The van der Waals surface area contributed by atoms with Gasteiger partial charge in [-0.05, 0) is 61.8 Å². The van der Waals surface area contributed by atoms with E-state index in [2.05, 4.69) is 36.5 Å². The summed E-state index contributed by atoms with van der Waals surface area (Å²) in [6, 6.07) is 10.7. The van der Waals surface area contributed by atoms with Crippen LogP contribution in [0.1, 0.15) is 69.2 Å². The summed E-state index contributed by atoms with van der Waals surface area (Å²) in [5, 5.41) is 15.5. The van der Waals surface area contributed by atoms with Gasteiger partial charge >= 0.3 is 0 Å². The third kappa shape index (κ3) is 4.73. The Morgan fingerprint density at radius 2 is 1.61 bits per heavy atom. The van der Waals surface area contributed by atoms with Gasteiger partial charge in [0.1, 0.15) is 5.60 Å². The molecule has 7 nitrogen and oxygen atoms in total. The molecule has 2 amide bonds. The van der Waals surface area contributed by atoms with Crippen LogP contribution in [0.3, 0.4) is 0 Å². The van der Waals surface area contributed by atoms with Crippen molar-refractivity contribution in [1.82, 2.24) is 20.1 Å². The van der Waals surface area contributed by atoms with Gasteiger partial charge < -0.3 is 14.9 Å². The van der Waals surface area contributed by atoms with Gasteiger partial charge in [-0.1, -0.05) is 43.9 Å². The first-order chi connectivity index (χ1) is 18.4. The van der Waals surface area contributed by atoms with Crippen molar-refractivity contribution in [3.05, 3.63) is 42.1 Å². The summed E-state index contributed by atoms with van der Waals surface area (Å²) in [5.74, 6) is 2.38. The molecule has 2 aromatic rings. The van der Waals surface area contributed by atoms with Gasteiger partial charge in [-0.25, -0.2) is 10.0 Å². The predicted octanol–water partition coefficient (Wildman–Crippen LogP) is 3.95. The predicted molar refractivity (Wildman–Crippen MR) is 153 cm³/mol. The molecule has 3 atom stereocenters. The number of benzene rings is 1. The minimum Gasteiger partial charge on any atom is -0.380 e. The SMILES string of the molecule is CC1NC(c2cnc3ccccc3c2)S2(CCCCCCCC2)C1C(=O)N1CCN(C(=O)C2(O)CC2)CC1. The van der Waals surface area contributed by atoms with Crippen LogP contribution in [0, 0.1) is 0 Å². The Bertz CT molecular complexity index is 1180. The Morgan fingerprint density at radius 1 is 0.974 bits per heavy atom. The highest BCUT2D eigenvalue weighted by atomic mass is 32.3. The van der Waals surface area contributed by atoms with Crippen LogP contribution in [0.5, 0.6) is 0 Å². The largest absolute Gasteiger partial charge is 0.380 e. The lowest BCUT2D eigenvalue weighted by atomic mass is 10.1. The summed E-state index contributed by atoms with van der Waals surface area (Å²) in [6.07, 6.45) is 10.6. The van der Waals surface area contributed by atoms with E-state index in [1.54, 1.807) is 4.90 Å². The van der Waals surface area contributed by atoms with E-state index in [0.717, 1.165) is 22.4 Å². The van der Waals surface area contributed by atoms with Crippen LogP contribution in [0.15, 0.2) is 36.5 Å². The Morgan fingerprint density at radius 3 is 2.29 bits per heavy atom. The van der Waals surface area contributed by atoms with Crippen LogP contribution >= 0.6 is 10.0 Å². The topological polar surface area (TPSA) is 85.8 Å². The fourth-order valence-electron chi connectivity index (χ4n) is 7.00. The first-order valence-electron chi connectivity index (χ1n) is 14.6. The Labute approximate surface area is 227 Å². The molecule has 1 aromatic carbocycles. The van der Waals surface area contributed by atoms with Gasteiger partial charge in [0.25, 0.3) is 5.91 Å². The zero-order valence-corrected chi connectivity index (χ0v) is 23.4. The Balaban J connectivity index is 1.29. The van der Waals surface area contributed by atoms with Crippen LogP contribution in [0.4, 0.5) is 0 Å². The quantitative estimate of drug-likeness (QED) is 0.618. The van der Waals surface area contributed by atoms with E-state index in [4.69, 9.17) is 4.98 Å². The normalized spacial score (nSPS) is 29.9. The second kappa shape index (κ2) is 10.4. The van der Waals surface area contributed by atoms with Crippen LogP contribution in [-0.4, -0.2) is 86.3 Å². The van der Waals surface area contributed by atoms with Gasteiger partial charge in [0, 0.05) is 43.8 Å². The molecule has 1 aliphatic carbocycles. The number of aromatic nitrogens is 1. The molecule has 2 N–H and O–H groups in total. The van der Waals surface area contributed by atoms with E-state index >= 15 is 0 Å². The third-order valence-electron chi connectivity index (χ3n) is 9.30. The maximum atomic E-state index is 14.4. The van der Waals surface area contributed by atoms with Gasteiger partial charge in [0.2, 0.25) is 5.91 Å². The van der Waals surface area contributed by atoms with Crippen molar-refractivity contribution in [3.8, 4) is 0 Å². The average molecular weight is 539 g/mol. The van der Waals surface area contributed by atoms with Crippen LogP contribution < -0.4 is 5.32 Å². The summed E-state index contributed by atoms with van der Waals surface area (Å²) in [7, 11) is -1.35. The molecular formula is C30H42N4O3S. The first-order valence-corrected chi connectivity index (χ1v) is 16.7. The van der Waals surface area contributed by atoms with Crippen molar-refractivity contribution in [1.29, 1.82) is 0 Å². The Kier molecular flexibility index (Phi) is 7.16. The fraction of sp³-hybridized carbons (Fsp3) is 0.633. The van der Waals surface area contributed by atoms with E-state index in [9.17, 15) is 14.7 Å². The number of fused-ring (bicyclic) bond motifs is 1. The van der Waals surface area contributed by atoms with Crippen LogP contribution in [-0.2, 0) is 9.59 Å². The molecule has 0 radical (unpaired) electrons. The summed E-state index contributed by atoms with van der Waals surface area (Å²) in [5.41, 5.74) is 1.10. The summed E-state index contributed by atoms with van der Waals surface area (Å²) >= 11 is 0. The van der Waals surface area contributed by atoms with Gasteiger partial charge in [-0.3, -0.25) is 19.9 Å². The number of amides is 2. The van der Waals surface area contributed by atoms with E-state index in [0.29, 0.717) is 39.0 Å². The minimum atomic E-state index is -1.35. The number of nitrogens with zero attached hydrogens (tertiary/aromatic N) is 3. The molecule has 0 bridgehead atoms. The van der Waals surface area contributed by atoms with E-state index in [1.807, 2.05) is 17.2 Å². The molecule has 38 heavy (non-hydrogen) atoms. The molecule has 1 spiro atoms. The molecule has 1 saturated carbocycles. The van der Waals surface area contributed by atoms with Gasteiger partial charge in [-0.2, -0.15) is 0 Å². The number of hydrogen-bond donors (Lipinski definition) is 2. The lowest BCUT2D eigenvalue weighted by Gasteiger charge is -2.48. The van der Waals surface area contributed by atoms with Crippen LogP contribution in [0.2, 0.25) is 0 Å². The molecule has 4 heterocycles. The lowest BCUT2D eigenvalue weighted by molar-refractivity contribution is -0.147. The zero-order chi connectivity index (χ0) is 26.3. The molecule has 3 unspecified atom stereocenters. The highest BCUT2D eigenvalue weighted by Gasteiger charge is 2.54. The average Bonchev–Trinajstić information content (AvgIpc) is 3.60. The van der Waals surface area contributed by atoms with E-state index in [-0.39, 0.29) is 28.5 Å². The van der Waals surface area contributed by atoms with E-state index < -0.39 is 15.6 Å². The highest BCUT2D eigenvalue weighted by Crippen LogP contribution is 2.68. The fourth-order valence-corrected chi connectivity index (χ4v) is 12.6. The molecule has 3 saturated heterocycles. The first kappa shape index (κ1) is 26.1. The number of rotatable bonds is 3. The second-order valence-electron chi connectivity index (χ2n) is 11.9. The van der Waals surface area contributed by atoms with Crippen molar-refractivity contribution >= 4 is 32.7 Å². The maximum Gasteiger partial charge on any atom is 0.254 e. The summed E-state index contributed by atoms with van der Waals surface area (Å²) < 4.78 is 0. The third-order valence-corrected chi connectivity index (χ3v) is 14.4. The number of hydrogen-bond acceptors (Lipinski definition) is 5. The van der Waals surface area contributed by atoms with Crippen molar-refractivity contribution < 1.29 is 14.7 Å². The van der Waals surface area contributed by atoms with Crippen molar-refractivity contribution in [2.45, 2.75) is 80.6 Å². The monoisotopic (exact) mass is 538 g/mol. The molecule has 3 aliphatic heterocycles. The highest BCUT2D eigenvalue weighted by molar-refractivity contribution is 8.35. The molecule has 206 valence electrons. The molecular weight excluding hydrogens is 496 g/mol. The van der Waals surface area contributed by atoms with Crippen molar-refractivity contribution in [2.75, 3.05) is 37.7 Å². The molecule has 1 aromatic heterocycles. The van der Waals surface area contributed by atoms with Gasteiger partial charge in [0.15, 0.2) is 0 Å². The van der Waals surface area contributed by atoms with Crippen LogP contribution in [0.25, 0.3) is 10.9 Å². The summed E-state index contributed by atoms with van der Waals surface area (Å²) in [6.45, 7) is 4.35. The number of pyridine rings is 1. The number of piperazine rings is 1. The van der Waals surface area contributed by atoms with E-state index in [1.165, 1.54) is 44.1 Å². The Hall–Kier alpha value is -2.16. The zero-order valence-electron chi connectivity index (χ0n) is 22.6. The van der Waals surface area contributed by atoms with Gasteiger partial charge in [-0.15, -0.1) is 0 Å². The lowest BCUT2D eigenvalue weighted by Crippen LogP contribution is -2.56. The van der Waals surface area contributed by atoms with Crippen molar-refractivity contribution in [3.63, 3.8) is 0 Å². The molecule has 6 rings (SSSR count). The number of carbonyl (C=O) groups is 2. The molecule has 4 aliphatic rings. The molecule has 4 fully saturated rings. The van der Waals surface area contributed by atoms with Gasteiger partial charge in [0.05, 0.1) is 16.1 Å². The number of para-hydroxylation sites is 1. The summed E-state index contributed by atoms with van der Waals surface area (Å²) in [4.78, 5) is 35.6. The molecule has 8 heteroatoms. The standard InChI is InChI=1S/C30H42N4O3S/c1-22-26(28(35)33-14-16-34(17-15-33)29(36)30(37)12-13-30)38(18-8-4-2-3-5-9-19-38)27(32-22)24-20-23-10-6-7-11-25(23)31-21-24/h6-7,10-11,20-22,26-27,32,37H,2-5,8-9,12-19H2,1H3. The maximum absolute atomic E-state index is 14.4. The number of nitrogens with one attached hydrogen (secondary N) is 1. The second-order valence-corrected chi connectivity index (χ2v) is 15.7. The number of carbonyl (C=O) groups excluding carboxylic acids is 2. The number of aliphatic hydroxyl groups is 1. The smallest absolute Gasteiger partial charge is 0.254 e.